The van der Waals surface area contributed by atoms with Gasteiger partial charge in [0.15, 0.2) is 9.84 Å². The maximum absolute atomic E-state index is 13.4. The summed E-state index contributed by atoms with van der Waals surface area (Å²) < 4.78 is 36.9. The molecule has 0 spiro atoms. The Kier molecular flexibility index (Phi) is 4.37. The van der Waals surface area contributed by atoms with Crippen LogP contribution in [0.25, 0.3) is 0 Å². The van der Waals surface area contributed by atoms with Gasteiger partial charge in [-0.25, -0.2) is 12.8 Å². The smallest absolute Gasteiger partial charge is 0.164 e. The summed E-state index contributed by atoms with van der Waals surface area (Å²) in [6.45, 7) is 1.11. The second-order valence-corrected chi connectivity index (χ2v) is 8.04. The van der Waals surface area contributed by atoms with Crippen molar-refractivity contribution in [2.75, 3.05) is 30.0 Å². The van der Waals surface area contributed by atoms with E-state index in [4.69, 9.17) is 5.73 Å². The Morgan fingerprint density at radius 1 is 1.53 bits per heavy atom. The second-order valence-electron chi connectivity index (χ2n) is 4.69. The summed E-state index contributed by atoms with van der Waals surface area (Å²) in [6, 6.07) is 4.62. The number of nitrogen functional groups attached to an aromatic ring is 1. The average molecular weight is 304 g/mol. The highest BCUT2D eigenvalue weighted by Crippen LogP contribution is 2.23. The maximum Gasteiger partial charge on any atom is 0.164 e. The van der Waals surface area contributed by atoms with Crippen molar-refractivity contribution in [1.82, 2.24) is 4.90 Å². The van der Waals surface area contributed by atoms with Gasteiger partial charge < -0.3 is 5.73 Å². The largest absolute Gasteiger partial charge is 0.396 e. The van der Waals surface area contributed by atoms with Crippen molar-refractivity contribution >= 4 is 27.3 Å². The van der Waals surface area contributed by atoms with E-state index in [0.29, 0.717) is 18.8 Å². The Bertz CT molecular complexity index is 563. The summed E-state index contributed by atoms with van der Waals surface area (Å²) in [4.78, 5) is 1.89. The molecule has 1 aliphatic heterocycles. The van der Waals surface area contributed by atoms with Crippen molar-refractivity contribution in [2.24, 2.45) is 0 Å². The zero-order valence-electron chi connectivity index (χ0n) is 10.7. The molecule has 0 aliphatic carbocycles. The molecule has 1 unspecified atom stereocenters. The van der Waals surface area contributed by atoms with Gasteiger partial charge in [0, 0.05) is 30.9 Å². The first-order valence-electron chi connectivity index (χ1n) is 5.92. The molecule has 106 valence electrons. The monoisotopic (exact) mass is 304 g/mol. The molecule has 4 nitrogen and oxygen atoms in total. The molecule has 0 amide bonds. The van der Waals surface area contributed by atoms with Crippen LogP contribution in [0.4, 0.5) is 10.1 Å². The lowest BCUT2D eigenvalue weighted by Crippen LogP contribution is -2.46. The van der Waals surface area contributed by atoms with Crippen LogP contribution in [-0.2, 0) is 16.4 Å². The van der Waals surface area contributed by atoms with Crippen molar-refractivity contribution in [1.29, 1.82) is 0 Å². The highest BCUT2D eigenvalue weighted by molar-refractivity contribution is 8.00. The van der Waals surface area contributed by atoms with Crippen LogP contribution >= 0.6 is 11.8 Å². The van der Waals surface area contributed by atoms with E-state index in [-0.39, 0.29) is 5.69 Å². The van der Waals surface area contributed by atoms with E-state index in [1.165, 1.54) is 18.4 Å². The summed E-state index contributed by atoms with van der Waals surface area (Å²) in [5, 5.41) is -0.494. The fourth-order valence-electron chi connectivity index (χ4n) is 2.09. The van der Waals surface area contributed by atoms with E-state index in [0.717, 1.165) is 11.3 Å². The van der Waals surface area contributed by atoms with Gasteiger partial charge in [-0.3, -0.25) is 4.90 Å². The van der Waals surface area contributed by atoms with Gasteiger partial charge in [-0.05, 0) is 17.7 Å². The molecule has 2 rings (SSSR count). The minimum absolute atomic E-state index is 0.109. The SMILES string of the molecule is CS(=O)(=O)C1CSCCN1Cc1ccc(N)c(F)c1. The number of hydrogen-bond acceptors (Lipinski definition) is 5. The highest BCUT2D eigenvalue weighted by atomic mass is 32.2. The fraction of sp³-hybridized carbons (Fsp3) is 0.500. The van der Waals surface area contributed by atoms with Gasteiger partial charge in [0.1, 0.15) is 11.2 Å². The summed E-state index contributed by atoms with van der Waals surface area (Å²) in [7, 11) is -3.13. The molecule has 0 saturated carbocycles. The third kappa shape index (κ3) is 3.61. The van der Waals surface area contributed by atoms with E-state index >= 15 is 0 Å². The lowest BCUT2D eigenvalue weighted by molar-refractivity contribution is 0.262. The van der Waals surface area contributed by atoms with Crippen LogP contribution in [-0.4, -0.2) is 43.0 Å². The summed E-state index contributed by atoms with van der Waals surface area (Å²) >= 11 is 1.63. The molecule has 1 saturated heterocycles. The zero-order valence-corrected chi connectivity index (χ0v) is 12.3. The molecule has 0 bridgehead atoms. The molecule has 0 radical (unpaired) electrons. The number of rotatable bonds is 3. The minimum atomic E-state index is -3.13. The zero-order chi connectivity index (χ0) is 14.0. The number of anilines is 1. The molecular formula is C12H17FN2O2S2. The molecular weight excluding hydrogens is 287 g/mol. The number of benzene rings is 1. The molecule has 1 aromatic carbocycles. The van der Waals surface area contributed by atoms with E-state index in [2.05, 4.69) is 0 Å². The van der Waals surface area contributed by atoms with Crippen LogP contribution in [0.2, 0.25) is 0 Å². The number of nitrogens with zero attached hydrogens (tertiary/aromatic N) is 1. The van der Waals surface area contributed by atoms with Crippen molar-refractivity contribution in [3.63, 3.8) is 0 Å². The molecule has 1 fully saturated rings. The Morgan fingerprint density at radius 3 is 2.89 bits per heavy atom. The van der Waals surface area contributed by atoms with Gasteiger partial charge in [0.2, 0.25) is 0 Å². The summed E-state index contributed by atoms with van der Waals surface area (Å²) in [6.07, 6.45) is 1.25. The highest BCUT2D eigenvalue weighted by Gasteiger charge is 2.30. The second kappa shape index (κ2) is 5.68. The van der Waals surface area contributed by atoms with Crippen LogP contribution in [0.3, 0.4) is 0 Å². The topological polar surface area (TPSA) is 63.4 Å². The van der Waals surface area contributed by atoms with E-state index in [1.807, 2.05) is 4.90 Å². The number of nitrogens with two attached hydrogens (primary N) is 1. The predicted molar refractivity (Wildman–Crippen MR) is 77.2 cm³/mol. The van der Waals surface area contributed by atoms with Gasteiger partial charge >= 0.3 is 0 Å². The van der Waals surface area contributed by atoms with Crippen LogP contribution in [0, 0.1) is 5.82 Å². The van der Waals surface area contributed by atoms with Gasteiger partial charge in [-0.15, -0.1) is 0 Å². The average Bonchev–Trinajstić information content (AvgIpc) is 2.33. The van der Waals surface area contributed by atoms with Crippen LogP contribution in [0.1, 0.15) is 5.56 Å². The first-order valence-corrected chi connectivity index (χ1v) is 9.03. The van der Waals surface area contributed by atoms with Crippen molar-refractivity contribution in [3.8, 4) is 0 Å². The third-order valence-corrected chi connectivity index (χ3v) is 5.82. The Balaban J connectivity index is 2.17. The number of sulfone groups is 1. The number of hydrogen-bond donors (Lipinski definition) is 1. The van der Waals surface area contributed by atoms with Crippen LogP contribution in [0.5, 0.6) is 0 Å². The molecule has 1 atom stereocenters. The van der Waals surface area contributed by atoms with E-state index in [9.17, 15) is 12.8 Å². The third-order valence-electron chi connectivity index (χ3n) is 3.14. The molecule has 1 aliphatic rings. The number of halogens is 1. The normalized spacial score (nSPS) is 21.5. The first kappa shape index (κ1) is 14.6. The van der Waals surface area contributed by atoms with Gasteiger partial charge in [0.05, 0.1) is 5.69 Å². The van der Waals surface area contributed by atoms with Gasteiger partial charge in [0.25, 0.3) is 0 Å². The molecule has 1 heterocycles. The predicted octanol–water partition coefficient (Wildman–Crippen LogP) is 1.33. The minimum Gasteiger partial charge on any atom is -0.396 e. The molecule has 7 heteroatoms. The molecule has 19 heavy (non-hydrogen) atoms. The molecule has 2 N–H and O–H groups in total. The quantitative estimate of drug-likeness (QED) is 0.854. The van der Waals surface area contributed by atoms with Crippen LogP contribution < -0.4 is 5.73 Å². The Hall–Kier alpha value is -0.790. The lowest BCUT2D eigenvalue weighted by atomic mass is 10.2. The van der Waals surface area contributed by atoms with E-state index in [1.54, 1.807) is 17.8 Å². The van der Waals surface area contributed by atoms with Crippen LogP contribution in [0.15, 0.2) is 18.2 Å². The first-order chi connectivity index (χ1) is 8.88. The number of thioether (sulfide) groups is 1. The van der Waals surface area contributed by atoms with Gasteiger partial charge in [-0.2, -0.15) is 11.8 Å². The molecule has 0 aromatic heterocycles. The van der Waals surface area contributed by atoms with Crippen molar-refractivity contribution < 1.29 is 12.8 Å². The Morgan fingerprint density at radius 2 is 2.26 bits per heavy atom. The lowest BCUT2D eigenvalue weighted by Gasteiger charge is -2.34. The van der Waals surface area contributed by atoms with Crippen molar-refractivity contribution in [2.45, 2.75) is 11.9 Å². The maximum atomic E-state index is 13.4. The van der Waals surface area contributed by atoms with E-state index < -0.39 is 21.0 Å². The van der Waals surface area contributed by atoms with Crippen molar-refractivity contribution in [3.05, 3.63) is 29.6 Å². The summed E-state index contributed by atoms with van der Waals surface area (Å²) in [5.74, 6) is 1.000. The Labute approximate surface area is 117 Å². The standard InChI is InChI=1S/C12H17FN2O2S2/c1-19(16,17)12-8-18-5-4-15(12)7-9-2-3-11(14)10(13)6-9/h2-3,6,12H,4-5,7-8,14H2,1H3. The van der Waals surface area contributed by atoms with Gasteiger partial charge in [-0.1, -0.05) is 6.07 Å². The summed E-state index contributed by atoms with van der Waals surface area (Å²) in [5.41, 5.74) is 6.28. The fourth-order valence-corrected chi connectivity index (χ4v) is 5.04. The molecule has 1 aromatic rings.